The summed E-state index contributed by atoms with van der Waals surface area (Å²) < 4.78 is 0. The molecule has 122 valence electrons. The van der Waals surface area contributed by atoms with Crippen molar-refractivity contribution < 1.29 is 0 Å². The molecule has 4 rings (SSSR count). The fourth-order valence-electron chi connectivity index (χ4n) is 2.76. The lowest BCUT2D eigenvalue weighted by Crippen LogP contribution is -2.13. The molecule has 0 fully saturated rings. The van der Waals surface area contributed by atoms with E-state index in [2.05, 4.69) is 81.9 Å². The molecular weight excluding hydrogens is 325 g/mol. The van der Waals surface area contributed by atoms with Crippen LogP contribution in [0.4, 0.5) is 0 Å². The first-order valence-corrected chi connectivity index (χ1v) is 9.71. The average Bonchev–Trinajstić information content (AvgIpc) is 3.17. The van der Waals surface area contributed by atoms with Gasteiger partial charge < -0.3 is 10.2 Å². The normalized spacial score (nSPS) is 10.9. The van der Waals surface area contributed by atoms with Crippen LogP contribution in [0, 0.1) is 0 Å². The number of nitrogens with zero attached hydrogens (tertiary/aromatic N) is 3. The zero-order valence-corrected chi connectivity index (χ0v) is 14.6. The van der Waals surface area contributed by atoms with Crippen LogP contribution in [0.2, 0.25) is 0 Å². The largest absolute Gasteiger partial charge is 0.573 e. The first kappa shape index (κ1) is 15.7. The topological polar surface area (TPSA) is 39.9 Å². The molecule has 0 unspecified atom stereocenters. The van der Waals surface area contributed by atoms with Gasteiger partial charge in [-0.2, -0.15) is 0 Å². The summed E-state index contributed by atoms with van der Waals surface area (Å²) in [6.45, 7) is 0. The van der Waals surface area contributed by atoms with Crippen LogP contribution in [-0.2, 0) is 6.16 Å². The van der Waals surface area contributed by atoms with Gasteiger partial charge in [0.05, 0.1) is 0 Å². The predicted octanol–water partition coefficient (Wildman–Crippen LogP) is 3.73. The zero-order chi connectivity index (χ0) is 16.9. The molecule has 0 saturated heterocycles. The van der Waals surface area contributed by atoms with E-state index in [0.29, 0.717) is 0 Å². The maximum absolute atomic E-state index is 4.41. The van der Waals surface area contributed by atoms with Gasteiger partial charge in [-0.15, -0.1) is 0 Å². The van der Waals surface area contributed by atoms with Crippen LogP contribution in [-0.4, -0.2) is 10.1 Å². The third kappa shape index (κ3) is 3.67. The highest BCUT2D eigenvalue weighted by molar-refractivity contribution is 7.72. The number of rotatable bonds is 5. The van der Waals surface area contributed by atoms with E-state index in [-0.39, 0.29) is 0 Å². The molecule has 0 atom stereocenters. The lowest BCUT2D eigenvalue weighted by molar-refractivity contribution is 1.01. The Hall–Kier alpha value is -2.77. The Labute approximate surface area is 148 Å². The van der Waals surface area contributed by atoms with Gasteiger partial charge in [0, 0.05) is 23.7 Å². The Kier molecular flexibility index (Phi) is 4.67. The Balaban J connectivity index is 1.65. The van der Waals surface area contributed by atoms with E-state index in [4.69, 9.17) is 0 Å². The van der Waals surface area contributed by atoms with E-state index in [9.17, 15) is 0 Å². The molecule has 25 heavy (non-hydrogen) atoms. The smallest absolute Gasteiger partial charge is 0.0494 e. The van der Waals surface area contributed by atoms with Gasteiger partial charge in [0.15, 0.2) is 0 Å². The quantitative estimate of drug-likeness (QED) is 0.519. The molecule has 3 nitrogen and oxygen atoms in total. The molecule has 0 aliphatic carbocycles. The first-order valence-electron chi connectivity index (χ1n) is 8.18. The Morgan fingerprint density at radius 3 is 2.00 bits per heavy atom. The highest BCUT2D eigenvalue weighted by Crippen LogP contribution is 2.37. The van der Waals surface area contributed by atoms with Crippen LogP contribution in [0.1, 0.15) is 5.69 Å². The van der Waals surface area contributed by atoms with E-state index < -0.39 is 7.92 Å². The molecule has 0 saturated carbocycles. The van der Waals surface area contributed by atoms with Gasteiger partial charge >= 0.3 is 0 Å². The van der Waals surface area contributed by atoms with Crippen molar-refractivity contribution in [2.75, 3.05) is 0 Å². The maximum atomic E-state index is 4.41. The molecule has 4 aromatic rings. The summed E-state index contributed by atoms with van der Waals surface area (Å²) in [5.74, 6) is 0. The number of benzene rings is 2. The van der Waals surface area contributed by atoms with Gasteiger partial charge in [-0.05, 0) is 30.7 Å². The van der Waals surface area contributed by atoms with Gasteiger partial charge in [0.25, 0.3) is 0 Å². The molecule has 0 amide bonds. The van der Waals surface area contributed by atoms with E-state index >= 15 is 0 Å². The molecule has 0 bridgehead atoms. The van der Waals surface area contributed by atoms with E-state index in [1.807, 2.05) is 18.2 Å². The van der Waals surface area contributed by atoms with Gasteiger partial charge in [-0.25, -0.2) is 0 Å². The SMILES string of the molecule is c1ccc(P(Cc2cc(-c3ccccn3)[n-]n2)c2ccccc2)cc1. The minimum atomic E-state index is -0.506. The van der Waals surface area contributed by atoms with Crippen LogP contribution in [0.3, 0.4) is 0 Å². The van der Waals surface area contributed by atoms with Crippen molar-refractivity contribution in [3.8, 4) is 11.4 Å². The summed E-state index contributed by atoms with van der Waals surface area (Å²) in [7, 11) is -0.506. The van der Waals surface area contributed by atoms with E-state index in [1.54, 1.807) is 6.20 Å². The first-order chi connectivity index (χ1) is 12.4. The Bertz CT molecular complexity index is 882. The lowest BCUT2D eigenvalue weighted by Gasteiger charge is -2.18. The van der Waals surface area contributed by atoms with Crippen molar-refractivity contribution in [1.29, 1.82) is 0 Å². The molecule has 0 radical (unpaired) electrons. The van der Waals surface area contributed by atoms with Crippen molar-refractivity contribution in [2.45, 2.75) is 6.16 Å². The number of pyridine rings is 1. The van der Waals surface area contributed by atoms with Gasteiger partial charge in [-0.1, -0.05) is 78.5 Å². The van der Waals surface area contributed by atoms with Crippen LogP contribution >= 0.6 is 7.92 Å². The fraction of sp³-hybridized carbons (Fsp3) is 0.0476. The molecule has 4 heteroatoms. The number of hydrogen-bond acceptors (Lipinski definition) is 2. The molecule has 2 aromatic heterocycles. The summed E-state index contributed by atoms with van der Waals surface area (Å²) in [4.78, 5) is 4.36. The summed E-state index contributed by atoms with van der Waals surface area (Å²) in [6, 6.07) is 29.2. The Morgan fingerprint density at radius 1 is 0.760 bits per heavy atom. The third-order valence-electron chi connectivity index (χ3n) is 3.97. The predicted molar refractivity (Wildman–Crippen MR) is 104 cm³/mol. The van der Waals surface area contributed by atoms with Crippen molar-refractivity contribution in [2.24, 2.45) is 0 Å². The summed E-state index contributed by atoms with van der Waals surface area (Å²) in [5.41, 5.74) is 2.72. The average molecular weight is 342 g/mol. The summed E-state index contributed by atoms with van der Waals surface area (Å²) >= 11 is 0. The zero-order valence-electron chi connectivity index (χ0n) is 13.7. The van der Waals surface area contributed by atoms with Gasteiger partial charge in [-0.3, -0.25) is 4.98 Å². The number of hydrogen-bond donors (Lipinski definition) is 0. The van der Waals surface area contributed by atoms with E-state index in [0.717, 1.165) is 23.2 Å². The van der Waals surface area contributed by atoms with Crippen LogP contribution in [0.5, 0.6) is 0 Å². The fourth-order valence-corrected chi connectivity index (χ4v) is 4.97. The second kappa shape index (κ2) is 7.42. The van der Waals surface area contributed by atoms with Gasteiger partial charge in [0.1, 0.15) is 0 Å². The standard InChI is InChI=1S/C21H17N3P/c1-3-9-18(10-4-1)25(19-11-5-2-6-12-19)16-17-15-21(24-23-17)20-13-7-8-14-22-20/h1-15H,16H2/q-1. The van der Waals surface area contributed by atoms with Crippen LogP contribution < -0.4 is 15.7 Å². The highest BCUT2D eigenvalue weighted by atomic mass is 31.1. The second-order valence-electron chi connectivity index (χ2n) is 5.69. The highest BCUT2D eigenvalue weighted by Gasteiger charge is 2.14. The van der Waals surface area contributed by atoms with Gasteiger partial charge in [0.2, 0.25) is 0 Å². The second-order valence-corrected chi connectivity index (χ2v) is 7.90. The van der Waals surface area contributed by atoms with Crippen molar-refractivity contribution in [1.82, 2.24) is 15.2 Å². The molecular formula is C21H17N3P-. The van der Waals surface area contributed by atoms with Crippen molar-refractivity contribution >= 4 is 18.5 Å². The monoisotopic (exact) mass is 342 g/mol. The molecule has 0 spiro atoms. The summed E-state index contributed by atoms with van der Waals surface area (Å²) in [5, 5.41) is 11.4. The van der Waals surface area contributed by atoms with Crippen LogP contribution in [0.25, 0.3) is 11.4 Å². The maximum Gasteiger partial charge on any atom is 0.0494 e. The number of aromatic nitrogens is 3. The molecule has 0 N–H and O–H groups in total. The Morgan fingerprint density at radius 2 is 1.40 bits per heavy atom. The van der Waals surface area contributed by atoms with E-state index in [1.165, 1.54) is 10.6 Å². The lowest BCUT2D eigenvalue weighted by atomic mass is 10.2. The molecule has 0 aliphatic rings. The minimum absolute atomic E-state index is 0.506. The molecule has 2 aromatic carbocycles. The van der Waals surface area contributed by atoms with Crippen molar-refractivity contribution in [3.63, 3.8) is 0 Å². The molecule has 2 heterocycles. The van der Waals surface area contributed by atoms with Crippen LogP contribution in [0.15, 0.2) is 91.1 Å². The van der Waals surface area contributed by atoms with Crippen molar-refractivity contribution in [3.05, 3.63) is 96.8 Å². The summed E-state index contributed by atoms with van der Waals surface area (Å²) in [6.07, 6.45) is 2.66. The third-order valence-corrected chi connectivity index (χ3v) is 6.46. The molecule has 0 aliphatic heterocycles. The minimum Gasteiger partial charge on any atom is -0.573 e.